The van der Waals surface area contributed by atoms with E-state index >= 15 is 0 Å². The fourth-order valence-corrected chi connectivity index (χ4v) is 2.83. The summed E-state index contributed by atoms with van der Waals surface area (Å²) in [5.74, 6) is 0.806. The Hall–Kier alpha value is -1.78. The molecule has 22 heavy (non-hydrogen) atoms. The van der Waals surface area contributed by atoms with Crippen LogP contribution in [0.1, 0.15) is 16.8 Å². The van der Waals surface area contributed by atoms with E-state index in [2.05, 4.69) is 15.2 Å². The summed E-state index contributed by atoms with van der Waals surface area (Å²) in [5.41, 5.74) is 0.519. The fourth-order valence-electron chi connectivity index (χ4n) is 2.53. The molecule has 1 N–H and O–H groups in total. The van der Waals surface area contributed by atoms with Crippen molar-refractivity contribution in [3.63, 3.8) is 0 Å². The molecule has 0 radical (unpaired) electrons. The van der Waals surface area contributed by atoms with E-state index in [1.165, 1.54) is 0 Å². The molecular formula is C16H15Cl2N3O. The molecule has 2 aromatic rings. The summed E-state index contributed by atoms with van der Waals surface area (Å²) in [6, 6.07) is 10.8. The molecule has 1 aliphatic heterocycles. The Morgan fingerprint density at radius 3 is 2.82 bits per heavy atom. The lowest BCUT2D eigenvalue weighted by Crippen LogP contribution is -2.37. The van der Waals surface area contributed by atoms with Gasteiger partial charge in [0.2, 0.25) is 0 Å². The number of anilines is 1. The lowest BCUT2D eigenvalue weighted by Gasteiger charge is -2.17. The third kappa shape index (κ3) is 3.34. The summed E-state index contributed by atoms with van der Waals surface area (Å²) < 4.78 is 0. The molecule has 0 aliphatic carbocycles. The quantitative estimate of drug-likeness (QED) is 0.934. The van der Waals surface area contributed by atoms with Crippen LogP contribution in [0, 0.1) is 0 Å². The molecule has 1 fully saturated rings. The SMILES string of the molecule is O=C(N[C@H]1CCN(c2ccccn2)C1)c1ccc(Cl)c(Cl)c1. The van der Waals surface area contributed by atoms with E-state index < -0.39 is 0 Å². The first-order chi connectivity index (χ1) is 10.6. The number of halogens is 2. The van der Waals surface area contributed by atoms with Crippen molar-refractivity contribution in [2.24, 2.45) is 0 Å². The monoisotopic (exact) mass is 335 g/mol. The minimum atomic E-state index is -0.133. The van der Waals surface area contributed by atoms with E-state index in [1.54, 1.807) is 24.4 Å². The highest BCUT2D eigenvalue weighted by atomic mass is 35.5. The second kappa shape index (κ2) is 6.55. The summed E-state index contributed by atoms with van der Waals surface area (Å²) in [7, 11) is 0. The molecule has 1 aromatic carbocycles. The number of pyridine rings is 1. The summed E-state index contributed by atoms with van der Waals surface area (Å²) in [6.45, 7) is 1.63. The maximum absolute atomic E-state index is 12.3. The van der Waals surface area contributed by atoms with Crippen LogP contribution in [0.2, 0.25) is 10.0 Å². The Morgan fingerprint density at radius 2 is 2.09 bits per heavy atom. The zero-order valence-corrected chi connectivity index (χ0v) is 13.3. The molecule has 1 atom stereocenters. The van der Waals surface area contributed by atoms with Crippen LogP contribution in [0.25, 0.3) is 0 Å². The standard InChI is InChI=1S/C16H15Cl2N3O/c17-13-5-4-11(9-14(13)18)16(22)20-12-6-8-21(10-12)15-3-1-2-7-19-15/h1-5,7,9,12H,6,8,10H2,(H,20,22)/t12-/m0/s1. The topological polar surface area (TPSA) is 45.2 Å². The number of hydrogen-bond acceptors (Lipinski definition) is 3. The van der Waals surface area contributed by atoms with Gasteiger partial charge in [0.1, 0.15) is 5.82 Å². The van der Waals surface area contributed by atoms with Crippen LogP contribution in [0.15, 0.2) is 42.6 Å². The maximum atomic E-state index is 12.3. The number of hydrogen-bond donors (Lipinski definition) is 1. The van der Waals surface area contributed by atoms with Crippen molar-refractivity contribution in [3.8, 4) is 0 Å². The lowest BCUT2D eigenvalue weighted by atomic mass is 10.2. The number of carbonyl (C=O) groups excluding carboxylic acids is 1. The van der Waals surface area contributed by atoms with E-state index in [-0.39, 0.29) is 11.9 Å². The van der Waals surface area contributed by atoms with Gasteiger partial charge in [-0.3, -0.25) is 4.79 Å². The number of nitrogens with zero attached hydrogens (tertiary/aromatic N) is 2. The van der Waals surface area contributed by atoms with Crippen molar-refractivity contribution in [2.45, 2.75) is 12.5 Å². The molecule has 114 valence electrons. The molecule has 1 aromatic heterocycles. The Morgan fingerprint density at radius 1 is 1.23 bits per heavy atom. The highest BCUT2D eigenvalue weighted by molar-refractivity contribution is 6.42. The van der Waals surface area contributed by atoms with Crippen LogP contribution in [0.4, 0.5) is 5.82 Å². The van der Waals surface area contributed by atoms with E-state index in [0.29, 0.717) is 15.6 Å². The molecule has 1 amide bonds. The number of rotatable bonds is 3. The Bertz CT molecular complexity index is 678. The van der Waals surface area contributed by atoms with Crippen molar-refractivity contribution in [2.75, 3.05) is 18.0 Å². The van der Waals surface area contributed by atoms with Crippen molar-refractivity contribution < 1.29 is 4.79 Å². The average Bonchev–Trinajstić information content (AvgIpc) is 2.99. The first-order valence-corrected chi connectivity index (χ1v) is 7.81. The molecule has 0 spiro atoms. The van der Waals surface area contributed by atoms with Crippen LogP contribution < -0.4 is 10.2 Å². The van der Waals surface area contributed by atoms with Crippen LogP contribution in [0.5, 0.6) is 0 Å². The second-order valence-corrected chi connectivity index (χ2v) is 6.04. The molecule has 0 unspecified atom stereocenters. The Balaban J connectivity index is 1.62. The van der Waals surface area contributed by atoms with Crippen LogP contribution >= 0.6 is 23.2 Å². The largest absolute Gasteiger partial charge is 0.354 e. The summed E-state index contributed by atoms with van der Waals surface area (Å²) in [4.78, 5) is 18.8. The van der Waals surface area contributed by atoms with Crippen molar-refractivity contribution in [1.82, 2.24) is 10.3 Å². The van der Waals surface area contributed by atoms with Crippen molar-refractivity contribution in [1.29, 1.82) is 0 Å². The molecule has 1 aliphatic rings. The van der Waals surface area contributed by atoms with Gasteiger partial charge in [-0.25, -0.2) is 4.98 Å². The van der Waals surface area contributed by atoms with Gasteiger partial charge in [-0.15, -0.1) is 0 Å². The van der Waals surface area contributed by atoms with Gasteiger partial charge in [0.05, 0.1) is 10.0 Å². The molecule has 1 saturated heterocycles. The molecule has 2 heterocycles. The van der Waals surface area contributed by atoms with Crippen molar-refractivity contribution in [3.05, 3.63) is 58.2 Å². The van der Waals surface area contributed by atoms with Gasteiger partial charge in [0, 0.05) is 30.9 Å². The molecule has 0 bridgehead atoms. The minimum absolute atomic E-state index is 0.101. The number of nitrogens with one attached hydrogen (secondary N) is 1. The smallest absolute Gasteiger partial charge is 0.251 e. The van der Waals surface area contributed by atoms with E-state index in [0.717, 1.165) is 25.3 Å². The third-order valence-electron chi connectivity index (χ3n) is 3.68. The number of benzene rings is 1. The van der Waals surface area contributed by atoms with Crippen LogP contribution in [-0.2, 0) is 0 Å². The predicted octanol–water partition coefficient (Wildman–Crippen LogP) is 3.40. The number of carbonyl (C=O) groups is 1. The molecule has 4 nitrogen and oxygen atoms in total. The van der Waals surface area contributed by atoms with Gasteiger partial charge in [0.25, 0.3) is 5.91 Å². The summed E-state index contributed by atoms with van der Waals surface area (Å²) in [5, 5.41) is 3.86. The van der Waals surface area contributed by atoms with Gasteiger partial charge in [0.15, 0.2) is 0 Å². The van der Waals surface area contributed by atoms with Crippen LogP contribution in [0.3, 0.4) is 0 Å². The lowest BCUT2D eigenvalue weighted by molar-refractivity contribution is 0.0940. The highest BCUT2D eigenvalue weighted by Crippen LogP contribution is 2.23. The van der Waals surface area contributed by atoms with E-state index in [9.17, 15) is 4.79 Å². The average molecular weight is 336 g/mol. The van der Waals surface area contributed by atoms with Gasteiger partial charge in [-0.05, 0) is 36.8 Å². The third-order valence-corrected chi connectivity index (χ3v) is 4.42. The molecule has 3 rings (SSSR count). The Kier molecular flexibility index (Phi) is 4.50. The molecule has 0 saturated carbocycles. The predicted molar refractivity (Wildman–Crippen MR) is 88.8 cm³/mol. The Labute approximate surface area is 139 Å². The van der Waals surface area contributed by atoms with Gasteiger partial charge >= 0.3 is 0 Å². The summed E-state index contributed by atoms with van der Waals surface area (Å²) in [6.07, 6.45) is 2.67. The molecule has 6 heteroatoms. The maximum Gasteiger partial charge on any atom is 0.251 e. The van der Waals surface area contributed by atoms with Gasteiger partial charge in [-0.1, -0.05) is 29.3 Å². The first kappa shape index (κ1) is 15.1. The van der Waals surface area contributed by atoms with E-state index in [4.69, 9.17) is 23.2 Å². The summed E-state index contributed by atoms with van der Waals surface area (Å²) >= 11 is 11.8. The zero-order valence-electron chi connectivity index (χ0n) is 11.8. The van der Waals surface area contributed by atoms with E-state index in [1.807, 2.05) is 18.2 Å². The van der Waals surface area contributed by atoms with Crippen molar-refractivity contribution >= 4 is 34.9 Å². The second-order valence-electron chi connectivity index (χ2n) is 5.22. The first-order valence-electron chi connectivity index (χ1n) is 7.05. The number of amides is 1. The fraction of sp³-hybridized carbons (Fsp3) is 0.250. The minimum Gasteiger partial charge on any atom is -0.354 e. The van der Waals surface area contributed by atoms with Gasteiger partial charge in [-0.2, -0.15) is 0 Å². The zero-order chi connectivity index (χ0) is 15.5. The van der Waals surface area contributed by atoms with Gasteiger partial charge < -0.3 is 10.2 Å². The van der Waals surface area contributed by atoms with Crippen LogP contribution in [-0.4, -0.2) is 30.0 Å². The highest BCUT2D eigenvalue weighted by Gasteiger charge is 2.25. The normalized spacial score (nSPS) is 17.5. The number of aromatic nitrogens is 1. The molecular weight excluding hydrogens is 321 g/mol.